The first-order valence-electron chi connectivity index (χ1n) is 11.6. The van der Waals surface area contributed by atoms with Crippen LogP contribution >= 0.6 is 0 Å². The number of carbonyl (C=O) groups excluding carboxylic acids is 1. The highest BCUT2D eigenvalue weighted by atomic mass is 16.1. The van der Waals surface area contributed by atoms with Gasteiger partial charge in [-0.05, 0) is 50.2 Å². The van der Waals surface area contributed by atoms with Gasteiger partial charge in [-0.2, -0.15) is 0 Å². The number of rotatable bonds is 9. The quantitative estimate of drug-likeness (QED) is 0.566. The van der Waals surface area contributed by atoms with Crippen molar-refractivity contribution in [1.29, 1.82) is 0 Å². The molecule has 0 N–H and O–H groups in total. The summed E-state index contributed by atoms with van der Waals surface area (Å²) in [6.07, 6.45) is 13.5. The number of aryl methyl sites for hydroxylation is 4. The molecule has 29 heavy (non-hydrogen) atoms. The second-order valence-corrected chi connectivity index (χ2v) is 9.32. The lowest BCUT2D eigenvalue weighted by Gasteiger charge is -2.21. The van der Waals surface area contributed by atoms with Gasteiger partial charge in [0.2, 0.25) is 0 Å². The van der Waals surface area contributed by atoms with Crippen LogP contribution in [0.4, 0.5) is 0 Å². The van der Waals surface area contributed by atoms with Crippen molar-refractivity contribution in [3.05, 3.63) is 46.5 Å². The number of aromatic nitrogens is 3. The van der Waals surface area contributed by atoms with E-state index < -0.39 is 0 Å². The Morgan fingerprint density at radius 1 is 1.00 bits per heavy atom. The summed E-state index contributed by atoms with van der Waals surface area (Å²) in [4.78, 5) is 12.6. The summed E-state index contributed by atoms with van der Waals surface area (Å²) in [5.41, 5.74) is 3.61. The first-order valence-corrected chi connectivity index (χ1v) is 11.6. The number of hydrogen-bond donors (Lipinski definition) is 0. The summed E-state index contributed by atoms with van der Waals surface area (Å²) >= 11 is 0. The molecule has 2 aliphatic rings. The van der Waals surface area contributed by atoms with E-state index in [-0.39, 0.29) is 0 Å². The zero-order valence-corrected chi connectivity index (χ0v) is 18.1. The molecule has 0 aliphatic heterocycles. The Balaban J connectivity index is 1.34. The Morgan fingerprint density at radius 3 is 2.41 bits per heavy atom. The van der Waals surface area contributed by atoms with E-state index in [1.807, 2.05) is 0 Å². The van der Waals surface area contributed by atoms with E-state index in [0.29, 0.717) is 24.7 Å². The van der Waals surface area contributed by atoms with E-state index in [9.17, 15) is 4.79 Å². The molecule has 0 atom stereocenters. The molecule has 2 aromatic rings. The van der Waals surface area contributed by atoms with Gasteiger partial charge >= 0.3 is 0 Å². The highest BCUT2D eigenvalue weighted by Crippen LogP contribution is 2.37. The van der Waals surface area contributed by atoms with Crippen LogP contribution < -0.4 is 0 Å². The van der Waals surface area contributed by atoms with Gasteiger partial charge in [0.25, 0.3) is 0 Å². The van der Waals surface area contributed by atoms with Crippen LogP contribution in [0.5, 0.6) is 0 Å². The smallest absolute Gasteiger partial charge is 0.137 e. The van der Waals surface area contributed by atoms with Gasteiger partial charge in [-0.3, -0.25) is 4.79 Å². The Labute approximate surface area is 175 Å². The Hall–Kier alpha value is -1.97. The van der Waals surface area contributed by atoms with E-state index in [2.05, 4.69) is 46.8 Å². The van der Waals surface area contributed by atoms with Crippen LogP contribution in [0.3, 0.4) is 0 Å². The molecule has 0 amide bonds. The van der Waals surface area contributed by atoms with Crippen molar-refractivity contribution in [2.75, 3.05) is 0 Å². The van der Waals surface area contributed by atoms with Gasteiger partial charge in [0, 0.05) is 31.7 Å². The fourth-order valence-corrected chi connectivity index (χ4v) is 4.86. The Bertz CT molecular complexity index is 844. The van der Waals surface area contributed by atoms with Gasteiger partial charge < -0.3 is 4.57 Å². The summed E-state index contributed by atoms with van der Waals surface area (Å²) in [5.74, 6) is 3.36. The molecule has 0 saturated heterocycles. The van der Waals surface area contributed by atoms with Gasteiger partial charge in [0.15, 0.2) is 0 Å². The lowest BCUT2D eigenvalue weighted by atomic mass is 9.86. The van der Waals surface area contributed by atoms with Crippen LogP contribution in [-0.2, 0) is 24.1 Å². The first-order chi connectivity index (χ1) is 14.1. The van der Waals surface area contributed by atoms with E-state index in [1.165, 1.54) is 62.5 Å². The van der Waals surface area contributed by atoms with E-state index in [4.69, 9.17) is 0 Å². The predicted octanol–water partition coefficient (Wildman–Crippen LogP) is 5.49. The van der Waals surface area contributed by atoms with Crippen molar-refractivity contribution < 1.29 is 4.79 Å². The Kier molecular flexibility index (Phi) is 6.46. The molecule has 4 heteroatoms. The summed E-state index contributed by atoms with van der Waals surface area (Å²) in [7, 11) is 0. The molecule has 0 bridgehead atoms. The molecule has 0 radical (unpaired) electrons. The number of Topliss-reactive ketones (excluding diaryl/α,β-unsaturated/α-hetero) is 1. The van der Waals surface area contributed by atoms with Gasteiger partial charge in [0.05, 0.1) is 0 Å². The van der Waals surface area contributed by atoms with E-state index >= 15 is 0 Å². The van der Waals surface area contributed by atoms with Gasteiger partial charge in [-0.1, -0.05) is 55.9 Å². The van der Waals surface area contributed by atoms with Crippen LogP contribution in [0, 0.1) is 19.8 Å². The molecular formula is C25H35N3O. The lowest BCUT2D eigenvalue weighted by Crippen LogP contribution is -2.12. The molecule has 1 aromatic heterocycles. The molecule has 1 heterocycles. The number of hydrogen-bond acceptors (Lipinski definition) is 3. The molecule has 4 nitrogen and oxygen atoms in total. The topological polar surface area (TPSA) is 47.8 Å². The molecule has 156 valence electrons. The van der Waals surface area contributed by atoms with Crippen molar-refractivity contribution >= 4 is 5.78 Å². The highest BCUT2D eigenvalue weighted by molar-refractivity contribution is 5.81. The largest absolute Gasteiger partial charge is 0.312 e. The molecule has 4 rings (SSSR count). The molecule has 2 saturated carbocycles. The zero-order valence-electron chi connectivity index (χ0n) is 18.1. The average molecular weight is 394 g/mol. The van der Waals surface area contributed by atoms with Gasteiger partial charge in [-0.15, -0.1) is 10.2 Å². The minimum Gasteiger partial charge on any atom is -0.312 e. The standard InChI is InChI=1S/C25H35N3O/c1-18-8-10-21(19(2)16-18)17-23(29)13-15-25-27-26-24(28(25)22-11-12-22)14-9-20-6-4-3-5-7-20/h8,10,16,20,22H,3-7,9,11-15,17H2,1-2H3. The number of nitrogens with zero attached hydrogens (tertiary/aromatic N) is 3. The number of benzene rings is 1. The maximum atomic E-state index is 12.6. The van der Waals surface area contributed by atoms with Crippen molar-refractivity contribution in [3.63, 3.8) is 0 Å². The molecule has 0 spiro atoms. The maximum Gasteiger partial charge on any atom is 0.137 e. The van der Waals surface area contributed by atoms with Crippen LogP contribution in [0.15, 0.2) is 18.2 Å². The normalized spacial score (nSPS) is 17.6. The molecule has 1 aromatic carbocycles. The SMILES string of the molecule is Cc1ccc(CC(=O)CCc2nnc(CCC3CCCCC3)n2C2CC2)c(C)c1. The number of carbonyl (C=O) groups is 1. The number of ketones is 1. The Morgan fingerprint density at radius 2 is 1.72 bits per heavy atom. The third-order valence-electron chi connectivity index (χ3n) is 6.76. The van der Waals surface area contributed by atoms with Crippen LogP contribution in [0.25, 0.3) is 0 Å². The minimum atomic E-state index is 0.297. The van der Waals surface area contributed by atoms with Crippen molar-refractivity contribution in [3.8, 4) is 0 Å². The average Bonchev–Trinajstić information content (AvgIpc) is 3.48. The monoisotopic (exact) mass is 393 g/mol. The minimum absolute atomic E-state index is 0.297. The maximum absolute atomic E-state index is 12.6. The second kappa shape index (κ2) is 9.23. The molecule has 0 unspecified atom stereocenters. The first kappa shape index (κ1) is 20.3. The van der Waals surface area contributed by atoms with Gasteiger partial charge in [0.1, 0.15) is 17.4 Å². The van der Waals surface area contributed by atoms with Crippen LogP contribution in [0.2, 0.25) is 0 Å². The van der Waals surface area contributed by atoms with Crippen molar-refractivity contribution in [2.24, 2.45) is 5.92 Å². The summed E-state index contributed by atoms with van der Waals surface area (Å²) < 4.78 is 2.38. The van der Waals surface area contributed by atoms with Crippen LogP contribution in [-0.4, -0.2) is 20.5 Å². The highest BCUT2D eigenvalue weighted by Gasteiger charge is 2.29. The zero-order chi connectivity index (χ0) is 20.2. The summed E-state index contributed by atoms with van der Waals surface area (Å²) in [6.45, 7) is 4.19. The fourth-order valence-electron chi connectivity index (χ4n) is 4.86. The second-order valence-electron chi connectivity index (χ2n) is 9.32. The van der Waals surface area contributed by atoms with Crippen molar-refractivity contribution in [1.82, 2.24) is 14.8 Å². The third-order valence-corrected chi connectivity index (χ3v) is 6.76. The molecule has 2 fully saturated rings. The van der Waals surface area contributed by atoms with E-state index in [0.717, 1.165) is 36.0 Å². The van der Waals surface area contributed by atoms with E-state index in [1.54, 1.807) is 0 Å². The summed E-state index contributed by atoms with van der Waals surface area (Å²) in [5, 5.41) is 9.06. The lowest BCUT2D eigenvalue weighted by molar-refractivity contribution is -0.118. The summed E-state index contributed by atoms with van der Waals surface area (Å²) in [6, 6.07) is 6.93. The third kappa shape index (κ3) is 5.34. The van der Waals surface area contributed by atoms with Crippen LogP contribution in [0.1, 0.15) is 92.2 Å². The predicted molar refractivity (Wildman–Crippen MR) is 116 cm³/mol. The van der Waals surface area contributed by atoms with Crippen molar-refractivity contribution in [2.45, 2.75) is 96.9 Å². The molecule has 2 aliphatic carbocycles. The fraction of sp³-hybridized carbons (Fsp3) is 0.640. The molecular weight excluding hydrogens is 358 g/mol. The van der Waals surface area contributed by atoms with Gasteiger partial charge in [-0.25, -0.2) is 0 Å².